The van der Waals surface area contributed by atoms with Gasteiger partial charge in [-0.15, -0.1) is 0 Å². The predicted octanol–water partition coefficient (Wildman–Crippen LogP) is 3.40. The van der Waals surface area contributed by atoms with Crippen LogP contribution in [0.15, 0.2) is 24.3 Å². The highest BCUT2D eigenvalue weighted by molar-refractivity contribution is 7.80. The Morgan fingerprint density at radius 1 is 1.23 bits per heavy atom. The Kier molecular flexibility index (Phi) is 6.19. The summed E-state index contributed by atoms with van der Waals surface area (Å²) >= 11 is 5.27. The minimum atomic E-state index is 0.131. The van der Waals surface area contributed by atoms with Gasteiger partial charge in [0.25, 0.3) is 5.91 Å². The van der Waals surface area contributed by atoms with Crippen molar-refractivity contribution in [3.05, 3.63) is 29.8 Å². The largest absolute Gasteiger partial charge is 0.360 e. The summed E-state index contributed by atoms with van der Waals surface area (Å²) < 4.78 is 0. The third-order valence-electron chi connectivity index (χ3n) is 4.02. The molecule has 1 atom stereocenters. The molecule has 120 valence electrons. The molecule has 5 heteroatoms. The highest BCUT2D eigenvalue weighted by atomic mass is 32.1. The van der Waals surface area contributed by atoms with Crippen molar-refractivity contribution in [1.82, 2.24) is 10.2 Å². The van der Waals surface area contributed by atoms with Gasteiger partial charge in [-0.1, -0.05) is 6.92 Å². The predicted molar refractivity (Wildman–Crippen MR) is 95.3 cm³/mol. The first-order chi connectivity index (χ1) is 10.6. The molecule has 0 aromatic heterocycles. The van der Waals surface area contributed by atoms with E-state index in [9.17, 15) is 4.79 Å². The van der Waals surface area contributed by atoms with Crippen molar-refractivity contribution in [3.8, 4) is 0 Å². The second kappa shape index (κ2) is 8.13. The smallest absolute Gasteiger partial charge is 0.253 e. The zero-order valence-corrected chi connectivity index (χ0v) is 14.2. The van der Waals surface area contributed by atoms with Gasteiger partial charge in [0.2, 0.25) is 0 Å². The van der Waals surface area contributed by atoms with Crippen molar-refractivity contribution >= 4 is 28.9 Å². The van der Waals surface area contributed by atoms with E-state index in [0.717, 1.165) is 43.6 Å². The SMILES string of the molecule is CC[C@@H](C)NC(=S)Nc1ccc(C(=O)N2CCCCC2)cc1. The van der Waals surface area contributed by atoms with E-state index >= 15 is 0 Å². The number of thiocarbonyl (C=S) groups is 1. The summed E-state index contributed by atoms with van der Waals surface area (Å²) in [5, 5.41) is 6.98. The van der Waals surface area contributed by atoms with E-state index in [2.05, 4.69) is 24.5 Å². The first kappa shape index (κ1) is 16.7. The van der Waals surface area contributed by atoms with Gasteiger partial charge in [0, 0.05) is 30.4 Å². The van der Waals surface area contributed by atoms with E-state index in [0.29, 0.717) is 11.2 Å². The van der Waals surface area contributed by atoms with Gasteiger partial charge in [-0.25, -0.2) is 0 Å². The number of carbonyl (C=O) groups excluding carboxylic acids is 1. The van der Waals surface area contributed by atoms with E-state index in [1.54, 1.807) is 0 Å². The molecule has 1 aliphatic heterocycles. The highest BCUT2D eigenvalue weighted by Crippen LogP contribution is 2.15. The first-order valence-electron chi connectivity index (χ1n) is 8.07. The third-order valence-corrected chi connectivity index (χ3v) is 4.24. The first-order valence-corrected chi connectivity index (χ1v) is 8.48. The lowest BCUT2D eigenvalue weighted by molar-refractivity contribution is 0.0724. The molecule has 2 rings (SSSR count). The van der Waals surface area contributed by atoms with Crippen molar-refractivity contribution < 1.29 is 4.79 Å². The lowest BCUT2D eigenvalue weighted by Gasteiger charge is -2.26. The van der Waals surface area contributed by atoms with Crippen LogP contribution in [0.25, 0.3) is 0 Å². The van der Waals surface area contributed by atoms with E-state index < -0.39 is 0 Å². The molecule has 22 heavy (non-hydrogen) atoms. The molecule has 0 saturated carbocycles. The quantitative estimate of drug-likeness (QED) is 0.835. The van der Waals surface area contributed by atoms with Crippen LogP contribution in [0.5, 0.6) is 0 Å². The van der Waals surface area contributed by atoms with Gasteiger partial charge in [-0.3, -0.25) is 4.79 Å². The maximum absolute atomic E-state index is 12.4. The van der Waals surface area contributed by atoms with Crippen molar-refractivity contribution in [3.63, 3.8) is 0 Å². The fourth-order valence-electron chi connectivity index (χ4n) is 2.47. The van der Waals surface area contributed by atoms with Crippen LogP contribution in [0.4, 0.5) is 5.69 Å². The number of hydrogen-bond donors (Lipinski definition) is 2. The normalized spacial score (nSPS) is 16.0. The van der Waals surface area contributed by atoms with Crippen LogP contribution >= 0.6 is 12.2 Å². The van der Waals surface area contributed by atoms with Crippen molar-refractivity contribution in [2.45, 2.75) is 45.6 Å². The Balaban J connectivity index is 1.92. The summed E-state index contributed by atoms with van der Waals surface area (Å²) in [6, 6.07) is 7.89. The van der Waals surface area contributed by atoms with Gasteiger partial charge in [0.1, 0.15) is 0 Å². The van der Waals surface area contributed by atoms with Gasteiger partial charge in [0.15, 0.2) is 5.11 Å². The molecule has 0 unspecified atom stereocenters. The minimum Gasteiger partial charge on any atom is -0.360 e. The van der Waals surface area contributed by atoms with Crippen LogP contribution in [-0.2, 0) is 0 Å². The van der Waals surface area contributed by atoms with Crippen LogP contribution in [0.1, 0.15) is 49.9 Å². The standard InChI is InChI=1S/C17H25N3OS/c1-3-13(2)18-17(22)19-15-9-7-14(8-10-15)16(21)20-11-5-4-6-12-20/h7-10,13H,3-6,11-12H2,1-2H3,(H2,18,19,22)/t13-/m1/s1. The van der Waals surface area contributed by atoms with E-state index in [1.807, 2.05) is 29.2 Å². The molecular weight excluding hydrogens is 294 g/mol. The average molecular weight is 319 g/mol. The minimum absolute atomic E-state index is 0.131. The number of nitrogens with zero attached hydrogens (tertiary/aromatic N) is 1. The summed E-state index contributed by atoms with van der Waals surface area (Å²) in [7, 11) is 0. The summed E-state index contributed by atoms with van der Waals surface area (Å²) in [5.41, 5.74) is 1.64. The summed E-state index contributed by atoms with van der Waals surface area (Å²) in [4.78, 5) is 14.3. The number of rotatable bonds is 4. The number of likely N-dealkylation sites (tertiary alicyclic amines) is 1. The molecule has 1 saturated heterocycles. The molecule has 0 radical (unpaired) electrons. The zero-order chi connectivity index (χ0) is 15.9. The van der Waals surface area contributed by atoms with Crippen LogP contribution in [0, 0.1) is 0 Å². The Labute approximate surface area is 138 Å². The number of piperidine rings is 1. The Morgan fingerprint density at radius 2 is 1.86 bits per heavy atom. The molecule has 1 aromatic rings. The van der Waals surface area contributed by atoms with Gasteiger partial charge >= 0.3 is 0 Å². The molecule has 0 aliphatic carbocycles. The Bertz CT molecular complexity index is 509. The number of carbonyl (C=O) groups is 1. The number of benzene rings is 1. The second-order valence-corrected chi connectivity index (χ2v) is 6.25. The molecule has 4 nitrogen and oxygen atoms in total. The van der Waals surface area contributed by atoms with Crippen LogP contribution in [0.3, 0.4) is 0 Å². The monoisotopic (exact) mass is 319 g/mol. The highest BCUT2D eigenvalue weighted by Gasteiger charge is 2.17. The average Bonchev–Trinajstić information content (AvgIpc) is 2.55. The second-order valence-electron chi connectivity index (χ2n) is 5.84. The van der Waals surface area contributed by atoms with Crippen LogP contribution in [0.2, 0.25) is 0 Å². The molecule has 1 fully saturated rings. The van der Waals surface area contributed by atoms with E-state index in [4.69, 9.17) is 12.2 Å². The Hall–Kier alpha value is -1.62. The molecule has 0 spiro atoms. The number of anilines is 1. The van der Waals surface area contributed by atoms with Gasteiger partial charge < -0.3 is 15.5 Å². The molecule has 1 aliphatic rings. The molecule has 1 amide bonds. The molecule has 1 heterocycles. The van der Waals surface area contributed by atoms with E-state index in [1.165, 1.54) is 6.42 Å². The zero-order valence-electron chi connectivity index (χ0n) is 13.4. The fourth-order valence-corrected chi connectivity index (χ4v) is 2.79. The molecular formula is C17H25N3OS. The molecule has 0 bridgehead atoms. The van der Waals surface area contributed by atoms with Crippen molar-refractivity contribution in [1.29, 1.82) is 0 Å². The lowest BCUT2D eigenvalue weighted by atomic mass is 10.1. The third kappa shape index (κ3) is 4.70. The molecule has 2 N–H and O–H groups in total. The number of nitrogens with one attached hydrogen (secondary N) is 2. The Morgan fingerprint density at radius 3 is 2.45 bits per heavy atom. The van der Waals surface area contributed by atoms with Gasteiger partial charge in [-0.2, -0.15) is 0 Å². The van der Waals surface area contributed by atoms with Crippen LogP contribution in [-0.4, -0.2) is 35.1 Å². The fraction of sp³-hybridized carbons (Fsp3) is 0.529. The maximum Gasteiger partial charge on any atom is 0.253 e. The van der Waals surface area contributed by atoms with Crippen molar-refractivity contribution in [2.75, 3.05) is 18.4 Å². The summed E-state index contributed by atoms with van der Waals surface area (Å²) in [6.07, 6.45) is 4.47. The topological polar surface area (TPSA) is 44.4 Å². The molecule has 1 aromatic carbocycles. The summed E-state index contributed by atoms with van der Waals surface area (Å²) in [5.74, 6) is 0.131. The summed E-state index contributed by atoms with van der Waals surface area (Å²) in [6.45, 7) is 5.96. The van der Waals surface area contributed by atoms with Gasteiger partial charge in [-0.05, 0) is 69.1 Å². The maximum atomic E-state index is 12.4. The lowest BCUT2D eigenvalue weighted by Crippen LogP contribution is -2.36. The number of hydrogen-bond acceptors (Lipinski definition) is 2. The van der Waals surface area contributed by atoms with Crippen LogP contribution < -0.4 is 10.6 Å². The van der Waals surface area contributed by atoms with E-state index in [-0.39, 0.29) is 5.91 Å². The van der Waals surface area contributed by atoms with Crippen molar-refractivity contribution in [2.24, 2.45) is 0 Å². The number of amides is 1. The van der Waals surface area contributed by atoms with Gasteiger partial charge in [0.05, 0.1) is 0 Å².